The first-order chi connectivity index (χ1) is 16.0. The van der Waals surface area contributed by atoms with E-state index >= 15 is 0 Å². The number of halogens is 1. The molecule has 0 radical (unpaired) electrons. The van der Waals surface area contributed by atoms with Crippen molar-refractivity contribution in [1.29, 1.82) is 0 Å². The smallest absolute Gasteiger partial charge is 0.258 e. The van der Waals surface area contributed by atoms with Crippen LogP contribution in [0.15, 0.2) is 58.8 Å². The van der Waals surface area contributed by atoms with Crippen LogP contribution in [0, 0.1) is 6.92 Å². The molecule has 5 rings (SSSR count). The van der Waals surface area contributed by atoms with Gasteiger partial charge >= 0.3 is 0 Å². The molecule has 2 aromatic carbocycles. The standard InChI is InChI=1S/C25H25ClN4O2S/c1-15-8-10-17(11-9-15)23-28-24(32-29-23)21-16(2)30(14-20-7-4-12-31-20)25(33)27-22(21)18-5-3-6-19(26)13-18/h3,5-6,8-11,13,20,22H,4,7,12,14H2,1-2H3,(H,27,33). The lowest BCUT2D eigenvalue weighted by Gasteiger charge is -2.38. The van der Waals surface area contributed by atoms with Crippen molar-refractivity contribution in [2.45, 2.75) is 38.8 Å². The molecule has 6 nitrogen and oxygen atoms in total. The number of benzene rings is 2. The zero-order chi connectivity index (χ0) is 22.9. The summed E-state index contributed by atoms with van der Waals surface area (Å²) in [6.07, 6.45) is 2.25. The van der Waals surface area contributed by atoms with Gasteiger partial charge in [0.25, 0.3) is 5.89 Å². The molecular weight excluding hydrogens is 456 g/mol. The number of hydrogen-bond acceptors (Lipinski definition) is 5. The predicted molar refractivity (Wildman–Crippen MR) is 133 cm³/mol. The summed E-state index contributed by atoms with van der Waals surface area (Å²) in [6, 6.07) is 15.5. The molecule has 0 amide bonds. The molecule has 2 atom stereocenters. The van der Waals surface area contributed by atoms with E-state index in [9.17, 15) is 0 Å². The minimum atomic E-state index is -0.261. The van der Waals surface area contributed by atoms with Gasteiger partial charge in [-0.25, -0.2) is 0 Å². The fourth-order valence-electron chi connectivity index (χ4n) is 4.36. The summed E-state index contributed by atoms with van der Waals surface area (Å²) in [6.45, 7) is 5.57. The summed E-state index contributed by atoms with van der Waals surface area (Å²) < 4.78 is 11.7. The Bertz CT molecular complexity index is 1200. The Kier molecular flexibility index (Phi) is 6.19. The maximum Gasteiger partial charge on any atom is 0.258 e. The van der Waals surface area contributed by atoms with Crippen molar-refractivity contribution in [2.75, 3.05) is 13.2 Å². The third-order valence-electron chi connectivity index (χ3n) is 6.15. The van der Waals surface area contributed by atoms with E-state index in [1.54, 1.807) is 0 Å². The minimum Gasteiger partial charge on any atom is -0.376 e. The molecule has 1 fully saturated rings. The average molecular weight is 481 g/mol. The van der Waals surface area contributed by atoms with E-state index < -0.39 is 0 Å². The van der Waals surface area contributed by atoms with Crippen LogP contribution in [0.4, 0.5) is 0 Å². The van der Waals surface area contributed by atoms with Crippen molar-refractivity contribution in [3.05, 3.63) is 76.3 Å². The number of aromatic nitrogens is 2. The highest BCUT2D eigenvalue weighted by atomic mass is 35.5. The van der Waals surface area contributed by atoms with Crippen molar-refractivity contribution < 1.29 is 9.26 Å². The number of ether oxygens (including phenoxy) is 1. The second-order valence-corrected chi connectivity index (χ2v) is 9.29. The summed E-state index contributed by atoms with van der Waals surface area (Å²) in [5.41, 5.74) is 4.92. The molecule has 0 bridgehead atoms. The molecule has 3 heterocycles. The van der Waals surface area contributed by atoms with Crippen molar-refractivity contribution >= 4 is 34.5 Å². The average Bonchev–Trinajstić information content (AvgIpc) is 3.49. The lowest BCUT2D eigenvalue weighted by atomic mass is 9.94. The molecule has 0 aliphatic carbocycles. The largest absolute Gasteiger partial charge is 0.376 e. The Labute approximate surface area is 203 Å². The highest BCUT2D eigenvalue weighted by Crippen LogP contribution is 2.38. The quantitative estimate of drug-likeness (QED) is 0.481. The van der Waals surface area contributed by atoms with E-state index in [2.05, 4.69) is 22.3 Å². The number of rotatable bonds is 5. The fourth-order valence-corrected chi connectivity index (χ4v) is 4.89. The number of nitrogens with zero attached hydrogens (tertiary/aromatic N) is 3. The maximum absolute atomic E-state index is 6.31. The molecule has 2 aliphatic heterocycles. The minimum absolute atomic E-state index is 0.148. The van der Waals surface area contributed by atoms with Gasteiger partial charge in [0.1, 0.15) is 0 Å². The first-order valence-electron chi connectivity index (χ1n) is 11.1. The van der Waals surface area contributed by atoms with Crippen LogP contribution in [0.1, 0.15) is 42.8 Å². The maximum atomic E-state index is 6.31. The highest BCUT2D eigenvalue weighted by molar-refractivity contribution is 7.80. The lowest BCUT2D eigenvalue weighted by Crippen LogP contribution is -2.48. The van der Waals surface area contributed by atoms with Crippen LogP contribution < -0.4 is 5.32 Å². The van der Waals surface area contributed by atoms with Crippen molar-refractivity contribution in [3.8, 4) is 11.4 Å². The van der Waals surface area contributed by atoms with Gasteiger partial charge in [0.2, 0.25) is 5.82 Å². The SMILES string of the molecule is CC1=C(c2nc(-c3ccc(C)cc3)no2)C(c2cccc(Cl)c2)NC(=S)N1CC1CCCO1. The molecule has 170 valence electrons. The Morgan fingerprint density at radius 2 is 2.00 bits per heavy atom. The van der Waals surface area contributed by atoms with Gasteiger partial charge in [0.15, 0.2) is 5.11 Å². The van der Waals surface area contributed by atoms with E-state index in [4.69, 9.17) is 38.1 Å². The molecule has 1 aromatic heterocycles. The second-order valence-electron chi connectivity index (χ2n) is 8.47. The number of allylic oxidation sites excluding steroid dienone is 1. The van der Waals surface area contributed by atoms with Gasteiger partial charge in [0.05, 0.1) is 24.3 Å². The van der Waals surface area contributed by atoms with Gasteiger partial charge in [-0.05, 0) is 56.6 Å². The first-order valence-corrected chi connectivity index (χ1v) is 11.8. The van der Waals surface area contributed by atoms with Gasteiger partial charge in [-0.15, -0.1) is 0 Å². The normalized spacial score (nSPS) is 20.9. The van der Waals surface area contributed by atoms with Crippen LogP contribution in [-0.2, 0) is 4.74 Å². The molecule has 8 heteroatoms. The van der Waals surface area contributed by atoms with Gasteiger partial charge in [-0.3, -0.25) is 0 Å². The number of nitrogens with one attached hydrogen (secondary N) is 1. The number of thiocarbonyl (C=S) groups is 1. The summed E-state index contributed by atoms with van der Waals surface area (Å²) in [7, 11) is 0. The summed E-state index contributed by atoms with van der Waals surface area (Å²) in [4.78, 5) is 6.84. The highest BCUT2D eigenvalue weighted by Gasteiger charge is 2.35. The zero-order valence-electron chi connectivity index (χ0n) is 18.5. The predicted octanol–water partition coefficient (Wildman–Crippen LogP) is 5.54. The van der Waals surface area contributed by atoms with Gasteiger partial charge in [-0.1, -0.05) is 58.7 Å². The van der Waals surface area contributed by atoms with E-state index in [0.717, 1.165) is 41.8 Å². The second kappa shape index (κ2) is 9.25. The van der Waals surface area contributed by atoms with E-state index in [1.165, 1.54) is 5.56 Å². The number of hydrogen-bond donors (Lipinski definition) is 1. The molecule has 0 spiro atoms. The van der Waals surface area contributed by atoms with E-state index in [1.807, 2.05) is 55.5 Å². The van der Waals surface area contributed by atoms with Crippen LogP contribution in [0.3, 0.4) is 0 Å². The topological polar surface area (TPSA) is 63.4 Å². The van der Waals surface area contributed by atoms with Crippen LogP contribution in [0.5, 0.6) is 0 Å². The van der Waals surface area contributed by atoms with Gasteiger partial charge in [-0.2, -0.15) is 4.98 Å². The van der Waals surface area contributed by atoms with Crippen LogP contribution in [-0.4, -0.2) is 39.4 Å². The summed E-state index contributed by atoms with van der Waals surface area (Å²) in [5, 5.41) is 9.05. The summed E-state index contributed by atoms with van der Waals surface area (Å²) >= 11 is 12.1. The van der Waals surface area contributed by atoms with Crippen LogP contribution in [0.25, 0.3) is 17.0 Å². The fraction of sp³-hybridized carbons (Fsp3) is 0.320. The Morgan fingerprint density at radius 1 is 1.18 bits per heavy atom. The van der Waals surface area contributed by atoms with Gasteiger partial charge in [0, 0.05) is 22.9 Å². The molecular formula is C25H25ClN4O2S. The molecule has 33 heavy (non-hydrogen) atoms. The Morgan fingerprint density at radius 3 is 2.73 bits per heavy atom. The molecule has 1 saturated heterocycles. The monoisotopic (exact) mass is 480 g/mol. The van der Waals surface area contributed by atoms with E-state index in [0.29, 0.717) is 28.4 Å². The molecule has 2 unspecified atom stereocenters. The van der Waals surface area contributed by atoms with Crippen molar-refractivity contribution in [3.63, 3.8) is 0 Å². The molecule has 3 aromatic rings. The zero-order valence-corrected chi connectivity index (χ0v) is 20.1. The van der Waals surface area contributed by atoms with Crippen LogP contribution in [0.2, 0.25) is 5.02 Å². The Hall–Kier alpha value is -2.74. The third-order valence-corrected chi connectivity index (χ3v) is 6.73. The molecule has 1 N–H and O–H groups in total. The number of aryl methyl sites for hydroxylation is 1. The summed E-state index contributed by atoms with van der Waals surface area (Å²) in [5.74, 6) is 1.01. The van der Waals surface area contributed by atoms with Crippen LogP contribution >= 0.6 is 23.8 Å². The molecule has 2 aliphatic rings. The molecule has 0 saturated carbocycles. The third kappa shape index (κ3) is 4.53. The van der Waals surface area contributed by atoms with E-state index in [-0.39, 0.29) is 12.1 Å². The first kappa shape index (κ1) is 22.1. The lowest BCUT2D eigenvalue weighted by molar-refractivity contribution is 0.0962. The van der Waals surface area contributed by atoms with Gasteiger partial charge < -0.3 is 19.5 Å². The Balaban J connectivity index is 1.57. The van der Waals surface area contributed by atoms with Crippen molar-refractivity contribution in [1.82, 2.24) is 20.4 Å². The van der Waals surface area contributed by atoms with Crippen molar-refractivity contribution in [2.24, 2.45) is 0 Å².